The number of carbonyl (C=O) groups excluding carboxylic acids is 1. The lowest BCUT2D eigenvalue weighted by molar-refractivity contribution is 0.0936. The molecule has 0 atom stereocenters. The normalized spacial score (nSPS) is 10.2. The summed E-state index contributed by atoms with van der Waals surface area (Å²) in [6.07, 6.45) is 3.97. The van der Waals surface area contributed by atoms with E-state index < -0.39 is 0 Å². The molecule has 0 aromatic carbocycles. The molecule has 1 heterocycles. The van der Waals surface area contributed by atoms with Crippen LogP contribution in [0.15, 0.2) is 12.1 Å². The highest BCUT2D eigenvalue weighted by Gasteiger charge is 2.11. The van der Waals surface area contributed by atoms with Crippen molar-refractivity contribution in [2.45, 2.75) is 39.5 Å². The lowest BCUT2D eigenvalue weighted by atomic mass is 10.2. The minimum absolute atomic E-state index is 0.249. The predicted molar refractivity (Wildman–Crippen MR) is 81.6 cm³/mol. The maximum atomic E-state index is 11.9. The monoisotopic (exact) mass is 295 g/mol. The van der Waals surface area contributed by atoms with Gasteiger partial charge in [-0.1, -0.05) is 26.7 Å². The van der Waals surface area contributed by atoms with E-state index in [0.717, 1.165) is 25.7 Å². The van der Waals surface area contributed by atoms with Gasteiger partial charge in [-0.15, -0.1) is 0 Å². The molecule has 2 N–H and O–H groups in total. The number of hydrazine groups is 1. The van der Waals surface area contributed by atoms with Crippen molar-refractivity contribution < 1.29 is 14.3 Å². The number of hydrogen-bond donors (Lipinski definition) is 2. The highest BCUT2D eigenvalue weighted by atomic mass is 16.5. The molecular weight excluding hydrogens is 270 g/mol. The standard InChI is InChI=1S/C15H25N3O3/c1-4-6-8-20-13-10-12(15(19)18-16-3)11-14(17-13)21-9-7-5-2/h10-11,16H,4-9H2,1-3H3,(H,18,19). The third-order valence-electron chi connectivity index (χ3n) is 2.77. The van der Waals surface area contributed by atoms with E-state index in [0.29, 0.717) is 30.5 Å². The Labute approximate surface area is 126 Å². The molecule has 0 bridgehead atoms. The summed E-state index contributed by atoms with van der Waals surface area (Å²) in [6, 6.07) is 3.24. The van der Waals surface area contributed by atoms with Crippen molar-refractivity contribution in [3.63, 3.8) is 0 Å². The van der Waals surface area contributed by atoms with Gasteiger partial charge in [0.15, 0.2) is 0 Å². The molecule has 6 heteroatoms. The van der Waals surface area contributed by atoms with Crippen molar-refractivity contribution >= 4 is 5.91 Å². The summed E-state index contributed by atoms with van der Waals surface area (Å²) < 4.78 is 11.1. The van der Waals surface area contributed by atoms with E-state index in [1.807, 2.05) is 0 Å². The fourth-order valence-electron chi connectivity index (χ4n) is 1.59. The van der Waals surface area contributed by atoms with Crippen LogP contribution >= 0.6 is 0 Å². The SMILES string of the molecule is CCCCOc1cc(C(=O)NNC)cc(OCCCC)n1. The zero-order valence-electron chi connectivity index (χ0n) is 13.1. The van der Waals surface area contributed by atoms with Crippen LogP contribution in [0.25, 0.3) is 0 Å². The fraction of sp³-hybridized carbons (Fsp3) is 0.600. The molecule has 0 saturated heterocycles. The summed E-state index contributed by atoms with van der Waals surface area (Å²) in [7, 11) is 1.64. The van der Waals surface area contributed by atoms with Gasteiger partial charge < -0.3 is 9.47 Å². The average molecular weight is 295 g/mol. The van der Waals surface area contributed by atoms with Crippen molar-refractivity contribution in [1.29, 1.82) is 0 Å². The van der Waals surface area contributed by atoms with Gasteiger partial charge in [0, 0.05) is 19.2 Å². The first-order valence-corrected chi connectivity index (χ1v) is 7.46. The van der Waals surface area contributed by atoms with Crippen LogP contribution in [0.3, 0.4) is 0 Å². The Bertz CT molecular complexity index is 410. The Kier molecular flexibility index (Phi) is 8.19. The highest BCUT2D eigenvalue weighted by Crippen LogP contribution is 2.19. The Balaban J connectivity index is 2.82. The molecule has 0 aliphatic heterocycles. The molecule has 0 aliphatic rings. The fourth-order valence-corrected chi connectivity index (χ4v) is 1.59. The maximum Gasteiger partial charge on any atom is 0.265 e. The van der Waals surface area contributed by atoms with Gasteiger partial charge in [0.2, 0.25) is 11.8 Å². The first-order valence-electron chi connectivity index (χ1n) is 7.46. The van der Waals surface area contributed by atoms with E-state index in [-0.39, 0.29) is 5.91 Å². The van der Waals surface area contributed by atoms with Crippen molar-refractivity contribution in [1.82, 2.24) is 15.8 Å². The maximum absolute atomic E-state index is 11.9. The first kappa shape index (κ1) is 17.2. The first-order chi connectivity index (χ1) is 10.2. The topological polar surface area (TPSA) is 72.5 Å². The van der Waals surface area contributed by atoms with Gasteiger partial charge >= 0.3 is 0 Å². The molecular formula is C15H25N3O3. The molecule has 1 aromatic heterocycles. The van der Waals surface area contributed by atoms with Crippen LogP contribution in [-0.2, 0) is 0 Å². The van der Waals surface area contributed by atoms with E-state index in [4.69, 9.17) is 9.47 Å². The second kappa shape index (κ2) is 9.99. The number of amides is 1. The number of ether oxygens (including phenoxy) is 2. The quantitative estimate of drug-likeness (QED) is 0.512. The van der Waals surface area contributed by atoms with Gasteiger partial charge in [-0.3, -0.25) is 10.2 Å². The van der Waals surface area contributed by atoms with E-state index in [9.17, 15) is 4.79 Å². The lowest BCUT2D eigenvalue weighted by Crippen LogP contribution is -2.34. The Morgan fingerprint density at radius 3 is 2.05 bits per heavy atom. The van der Waals surface area contributed by atoms with Gasteiger partial charge in [0.25, 0.3) is 5.91 Å². The molecule has 1 aromatic rings. The van der Waals surface area contributed by atoms with Gasteiger partial charge in [-0.05, 0) is 12.8 Å². The Hall–Kier alpha value is -1.82. The number of aromatic nitrogens is 1. The van der Waals surface area contributed by atoms with Crippen molar-refractivity contribution in [3.8, 4) is 11.8 Å². The summed E-state index contributed by atoms with van der Waals surface area (Å²) in [6.45, 7) is 5.34. The van der Waals surface area contributed by atoms with Crippen LogP contribution in [-0.4, -0.2) is 31.2 Å². The number of rotatable bonds is 10. The average Bonchev–Trinajstić information content (AvgIpc) is 2.48. The van der Waals surface area contributed by atoms with E-state index in [1.165, 1.54) is 0 Å². The van der Waals surface area contributed by atoms with E-state index in [2.05, 4.69) is 29.7 Å². The van der Waals surface area contributed by atoms with Crippen LogP contribution < -0.4 is 20.3 Å². The number of unbranched alkanes of at least 4 members (excludes halogenated alkanes) is 2. The minimum atomic E-state index is -0.249. The number of carbonyl (C=O) groups is 1. The molecule has 1 amide bonds. The Morgan fingerprint density at radius 2 is 1.62 bits per heavy atom. The van der Waals surface area contributed by atoms with Gasteiger partial charge in [-0.2, -0.15) is 4.98 Å². The lowest BCUT2D eigenvalue weighted by Gasteiger charge is -2.11. The van der Waals surface area contributed by atoms with Crippen molar-refractivity contribution in [2.75, 3.05) is 20.3 Å². The largest absolute Gasteiger partial charge is 0.478 e. The van der Waals surface area contributed by atoms with Crippen LogP contribution in [0.2, 0.25) is 0 Å². The molecule has 6 nitrogen and oxygen atoms in total. The smallest absolute Gasteiger partial charge is 0.265 e. The van der Waals surface area contributed by atoms with Crippen LogP contribution in [0.1, 0.15) is 49.9 Å². The minimum Gasteiger partial charge on any atom is -0.478 e. The summed E-state index contributed by atoms with van der Waals surface area (Å²) in [4.78, 5) is 16.2. The van der Waals surface area contributed by atoms with Crippen molar-refractivity contribution in [2.24, 2.45) is 0 Å². The van der Waals surface area contributed by atoms with E-state index >= 15 is 0 Å². The van der Waals surface area contributed by atoms with Gasteiger partial charge in [0.1, 0.15) is 0 Å². The molecule has 0 fully saturated rings. The van der Waals surface area contributed by atoms with Crippen LogP contribution in [0.4, 0.5) is 0 Å². The second-order valence-corrected chi connectivity index (χ2v) is 4.64. The zero-order valence-corrected chi connectivity index (χ0v) is 13.1. The molecule has 21 heavy (non-hydrogen) atoms. The highest BCUT2D eigenvalue weighted by molar-refractivity contribution is 5.94. The van der Waals surface area contributed by atoms with Gasteiger partial charge in [0.05, 0.1) is 18.8 Å². The molecule has 0 saturated carbocycles. The van der Waals surface area contributed by atoms with Crippen molar-refractivity contribution in [3.05, 3.63) is 17.7 Å². The zero-order chi connectivity index (χ0) is 15.5. The molecule has 1 rings (SSSR count). The number of nitrogens with zero attached hydrogens (tertiary/aromatic N) is 1. The summed E-state index contributed by atoms with van der Waals surface area (Å²) >= 11 is 0. The van der Waals surface area contributed by atoms with E-state index in [1.54, 1.807) is 19.2 Å². The molecule has 0 unspecified atom stereocenters. The Morgan fingerprint density at radius 1 is 1.10 bits per heavy atom. The molecule has 0 radical (unpaired) electrons. The number of pyridine rings is 1. The molecule has 0 aliphatic carbocycles. The van der Waals surface area contributed by atoms with Crippen LogP contribution in [0.5, 0.6) is 11.8 Å². The molecule has 0 spiro atoms. The third kappa shape index (κ3) is 6.44. The van der Waals surface area contributed by atoms with Gasteiger partial charge in [-0.25, -0.2) is 5.43 Å². The second-order valence-electron chi connectivity index (χ2n) is 4.64. The summed E-state index contributed by atoms with van der Waals surface area (Å²) in [5, 5.41) is 0. The number of nitrogens with one attached hydrogen (secondary N) is 2. The van der Waals surface area contributed by atoms with Crippen LogP contribution in [0, 0.1) is 0 Å². The number of hydrogen-bond acceptors (Lipinski definition) is 5. The summed E-state index contributed by atoms with van der Waals surface area (Å²) in [5.74, 6) is 0.581. The predicted octanol–water partition coefficient (Wildman–Crippen LogP) is 2.30. The molecule has 118 valence electrons. The third-order valence-corrected chi connectivity index (χ3v) is 2.77. The summed E-state index contributed by atoms with van der Waals surface area (Å²) in [5.41, 5.74) is 5.59.